The molecule has 0 aromatic carbocycles. The summed E-state index contributed by atoms with van der Waals surface area (Å²) in [5.74, 6) is 0.737. The molecule has 0 radical (unpaired) electrons. The van der Waals surface area contributed by atoms with Gasteiger partial charge in [0.1, 0.15) is 6.54 Å². The van der Waals surface area contributed by atoms with Gasteiger partial charge in [-0.3, -0.25) is 5.43 Å². The van der Waals surface area contributed by atoms with Gasteiger partial charge in [0.2, 0.25) is 5.96 Å². The van der Waals surface area contributed by atoms with E-state index < -0.39 is 18.9 Å². The minimum atomic E-state index is -4.13. The van der Waals surface area contributed by atoms with Crippen molar-refractivity contribution in [2.45, 2.75) is 32.1 Å². The number of hydrazine groups is 1. The van der Waals surface area contributed by atoms with Gasteiger partial charge < -0.3 is 5.32 Å². The van der Waals surface area contributed by atoms with Crippen LogP contribution in [0.15, 0.2) is 4.99 Å². The third-order valence-corrected chi connectivity index (χ3v) is 1.73. The number of guanidine groups is 1. The number of rotatable bonds is 6. The van der Waals surface area contributed by atoms with Crippen LogP contribution in [0, 0.1) is 0 Å². The minimum absolute atomic E-state index is 0.117. The van der Waals surface area contributed by atoms with Crippen LogP contribution >= 0.6 is 0 Å². The lowest BCUT2D eigenvalue weighted by Gasteiger charge is -2.14. The van der Waals surface area contributed by atoms with Gasteiger partial charge >= 0.3 is 12.3 Å². The van der Waals surface area contributed by atoms with Crippen LogP contribution in [0.1, 0.15) is 19.8 Å². The first-order chi connectivity index (χ1) is 7.44. The largest absolute Gasteiger partial charge is 0.355 e. The summed E-state index contributed by atoms with van der Waals surface area (Å²) >= 11 is 0. The number of alkyl halides is 4. The van der Waals surface area contributed by atoms with E-state index in [1.165, 1.54) is 0 Å². The molecule has 0 atom stereocenters. The first kappa shape index (κ1) is 14.9. The number of unbranched alkanes of at least 4 members (excludes halogenated alkanes) is 1. The molecule has 0 aliphatic rings. The van der Waals surface area contributed by atoms with E-state index in [1.54, 1.807) is 0 Å². The molecule has 0 aliphatic carbocycles. The van der Waals surface area contributed by atoms with Crippen LogP contribution in [0.25, 0.3) is 0 Å². The Kier molecular flexibility index (Phi) is 6.78. The van der Waals surface area contributed by atoms with Crippen molar-refractivity contribution in [3.8, 4) is 0 Å². The smallest absolute Gasteiger partial charge is 0.326 e. The van der Waals surface area contributed by atoms with Crippen LogP contribution in [-0.2, 0) is 0 Å². The van der Waals surface area contributed by atoms with Gasteiger partial charge in [-0.05, 0) is 6.42 Å². The zero-order valence-electron chi connectivity index (χ0n) is 8.94. The number of hydrogen-bond acceptors (Lipinski definition) is 2. The molecule has 0 unspecified atom stereocenters. The molecular weight excluding hydrogens is 228 g/mol. The first-order valence-electron chi connectivity index (χ1n) is 4.85. The van der Waals surface area contributed by atoms with E-state index in [9.17, 15) is 17.6 Å². The topological polar surface area (TPSA) is 62.4 Å². The van der Waals surface area contributed by atoms with Crippen LogP contribution in [0.2, 0.25) is 0 Å². The van der Waals surface area contributed by atoms with Crippen molar-refractivity contribution in [2.75, 3.05) is 13.1 Å². The Bertz CT molecular complexity index is 220. The molecule has 4 N–H and O–H groups in total. The van der Waals surface area contributed by atoms with E-state index in [2.05, 4.69) is 10.3 Å². The highest BCUT2D eigenvalue weighted by molar-refractivity contribution is 5.79. The van der Waals surface area contributed by atoms with Gasteiger partial charge in [0, 0.05) is 6.54 Å². The maximum Gasteiger partial charge on any atom is 0.326 e. The van der Waals surface area contributed by atoms with Crippen molar-refractivity contribution >= 4 is 5.96 Å². The molecule has 16 heavy (non-hydrogen) atoms. The lowest BCUT2D eigenvalue weighted by Crippen LogP contribution is -2.43. The molecule has 0 amide bonds. The van der Waals surface area contributed by atoms with E-state index >= 15 is 0 Å². The average Bonchev–Trinajstić information content (AvgIpc) is 2.23. The van der Waals surface area contributed by atoms with Crippen molar-refractivity contribution in [3.05, 3.63) is 0 Å². The van der Waals surface area contributed by atoms with Crippen molar-refractivity contribution in [1.82, 2.24) is 10.7 Å². The van der Waals surface area contributed by atoms with Gasteiger partial charge in [0.25, 0.3) is 0 Å². The van der Waals surface area contributed by atoms with Crippen LogP contribution in [-0.4, -0.2) is 31.4 Å². The minimum Gasteiger partial charge on any atom is -0.355 e. The molecule has 8 heteroatoms. The SMILES string of the molecule is CCCCNC(=NCC(F)(F)C(F)F)NN. The summed E-state index contributed by atoms with van der Waals surface area (Å²) in [5.41, 5.74) is 2.03. The second-order valence-corrected chi connectivity index (χ2v) is 3.15. The molecule has 0 aromatic rings. The Morgan fingerprint density at radius 3 is 2.50 bits per heavy atom. The highest BCUT2D eigenvalue weighted by atomic mass is 19.3. The van der Waals surface area contributed by atoms with Gasteiger partial charge in [0.15, 0.2) is 0 Å². The van der Waals surface area contributed by atoms with Gasteiger partial charge in [-0.25, -0.2) is 19.6 Å². The van der Waals surface area contributed by atoms with Crippen LogP contribution in [0.3, 0.4) is 0 Å². The summed E-state index contributed by atoms with van der Waals surface area (Å²) in [6, 6.07) is 0. The van der Waals surface area contributed by atoms with Crippen LogP contribution in [0.4, 0.5) is 17.6 Å². The Hall–Kier alpha value is -1.05. The molecule has 0 aliphatic heterocycles. The average molecular weight is 244 g/mol. The van der Waals surface area contributed by atoms with Gasteiger partial charge in [-0.2, -0.15) is 8.78 Å². The summed E-state index contributed by atoms with van der Waals surface area (Å²) in [6.45, 7) is 1.13. The maximum atomic E-state index is 12.5. The molecular formula is C8H16F4N4. The lowest BCUT2D eigenvalue weighted by molar-refractivity contribution is -0.120. The molecule has 0 spiro atoms. The Morgan fingerprint density at radius 1 is 1.44 bits per heavy atom. The molecule has 0 fully saturated rings. The Morgan fingerprint density at radius 2 is 2.06 bits per heavy atom. The van der Waals surface area contributed by atoms with Crippen LogP contribution in [0.5, 0.6) is 0 Å². The Balaban J connectivity index is 4.15. The number of halogens is 4. The predicted octanol–water partition coefficient (Wildman–Crippen LogP) is 1.10. The van der Waals surface area contributed by atoms with Gasteiger partial charge in [-0.1, -0.05) is 13.3 Å². The third-order valence-electron chi connectivity index (χ3n) is 1.73. The van der Waals surface area contributed by atoms with Crippen LogP contribution < -0.4 is 16.6 Å². The third kappa shape index (κ3) is 5.74. The monoisotopic (exact) mass is 244 g/mol. The summed E-state index contributed by atoms with van der Waals surface area (Å²) in [5, 5.41) is 2.62. The predicted molar refractivity (Wildman–Crippen MR) is 53.5 cm³/mol. The number of aliphatic imine (C=N–C) groups is 1. The van der Waals surface area contributed by atoms with Gasteiger partial charge in [-0.15, -0.1) is 0 Å². The lowest BCUT2D eigenvalue weighted by atomic mass is 10.3. The molecule has 0 aromatic heterocycles. The zero-order valence-corrected chi connectivity index (χ0v) is 8.94. The fourth-order valence-electron chi connectivity index (χ4n) is 0.790. The highest BCUT2D eigenvalue weighted by Gasteiger charge is 2.40. The molecule has 0 saturated heterocycles. The van der Waals surface area contributed by atoms with E-state index in [1.807, 2.05) is 12.3 Å². The second-order valence-electron chi connectivity index (χ2n) is 3.15. The van der Waals surface area contributed by atoms with E-state index in [0.29, 0.717) is 6.54 Å². The van der Waals surface area contributed by atoms with E-state index in [-0.39, 0.29) is 5.96 Å². The van der Waals surface area contributed by atoms with Crippen molar-refractivity contribution in [3.63, 3.8) is 0 Å². The number of hydrogen-bond donors (Lipinski definition) is 3. The summed E-state index contributed by atoms with van der Waals surface area (Å²) in [4.78, 5) is 3.25. The van der Waals surface area contributed by atoms with Crippen molar-refractivity contribution < 1.29 is 17.6 Å². The van der Waals surface area contributed by atoms with E-state index in [4.69, 9.17) is 5.84 Å². The summed E-state index contributed by atoms with van der Waals surface area (Å²) in [7, 11) is 0. The standard InChI is InChI=1S/C8H16F4N4/c1-2-3-4-14-7(16-13)15-5-8(11,12)6(9)10/h6H,2-5,13H2,1H3,(H2,14,15,16). The Labute approximate surface area is 91.3 Å². The summed E-state index contributed by atoms with van der Waals surface area (Å²) < 4.78 is 48.5. The quantitative estimate of drug-likeness (QED) is 0.164. The fourth-order valence-corrected chi connectivity index (χ4v) is 0.790. The zero-order chi connectivity index (χ0) is 12.6. The normalized spacial score (nSPS) is 13.1. The molecule has 0 rings (SSSR count). The molecule has 4 nitrogen and oxygen atoms in total. The number of nitrogens with one attached hydrogen (secondary N) is 2. The van der Waals surface area contributed by atoms with Crippen molar-refractivity contribution in [1.29, 1.82) is 0 Å². The molecule has 0 saturated carbocycles. The second kappa shape index (κ2) is 7.26. The summed E-state index contributed by atoms with van der Waals surface area (Å²) in [6.07, 6.45) is -2.03. The first-order valence-corrected chi connectivity index (χ1v) is 4.85. The van der Waals surface area contributed by atoms with Crippen molar-refractivity contribution in [2.24, 2.45) is 10.8 Å². The molecule has 0 heterocycles. The molecule has 0 bridgehead atoms. The van der Waals surface area contributed by atoms with Gasteiger partial charge in [0.05, 0.1) is 0 Å². The number of nitrogens with two attached hydrogens (primary N) is 1. The maximum absolute atomic E-state index is 12.5. The fraction of sp³-hybridized carbons (Fsp3) is 0.875. The van der Waals surface area contributed by atoms with E-state index in [0.717, 1.165) is 12.8 Å². The highest BCUT2D eigenvalue weighted by Crippen LogP contribution is 2.22. The number of nitrogens with zero attached hydrogens (tertiary/aromatic N) is 1. The molecule has 96 valence electrons.